The van der Waals surface area contributed by atoms with Gasteiger partial charge in [-0.25, -0.2) is 0 Å². The van der Waals surface area contributed by atoms with Crippen LogP contribution in [-0.2, 0) is 14.3 Å². The van der Waals surface area contributed by atoms with Crippen molar-refractivity contribution in [3.8, 4) is 0 Å². The Morgan fingerprint density at radius 3 is 2.47 bits per heavy atom. The maximum atomic E-state index is 12.8. The van der Waals surface area contributed by atoms with E-state index in [0.717, 1.165) is 32.1 Å². The summed E-state index contributed by atoms with van der Waals surface area (Å²) in [6.07, 6.45) is 15.0. The fraction of sp³-hybridized carbons (Fsp3) is 0.926. The van der Waals surface area contributed by atoms with Crippen LogP contribution in [0.25, 0.3) is 0 Å². The Balaban J connectivity index is 0.00000245. The van der Waals surface area contributed by atoms with Crippen molar-refractivity contribution in [3.05, 3.63) is 0 Å². The van der Waals surface area contributed by atoms with E-state index in [1.807, 2.05) is 0 Å². The third-order valence-electron chi connectivity index (χ3n) is 11.0. The number of fused-ring (bicyclic) bond motifs is 5. The summed E-state index contributed by atoms with van der Waals surface area (Å²) in [5.41, 5.74) is 0.322. The molecule has 5 rings (SSSR count). The van der Waals surface area contributed by atoms with Gasteiger partial charge in [0.2, 0.25) is 0 Å². The van der Waals surface area contributed by atoms with E-state index in [1.165, 1.54) is 51.4 Å². The first kappa shape index (κ1) is 24.5. The summed E-state index contributed by atoms with van der Waals surface area (Å²) in [7, 11) is 1.56. The molecule has 0 aliphatic heterocycles. The van der Waals surface area contributed by atoms with Gasteiger partial charge in [0.15, 0.2) is 0 Å². The van der Waals surface area contributed by atoms with Crippen LogP contribution in [-0.4, -0.2) is 30.9 Å². The molecule has 5 saturated carbocycles. The number of carbonyl (C=O) groups excluding carboxylic acids is 2. The molecule has 5 aliphatic carbocycles. The number of nitrogens with one attached hydrogen (secondary N) is 1. The standard InChI is InChI=1S/C27H43NO3.ClH/c1-26-14-13-19(29)15-17(26)9-10-20-21-11-12-22(25(30)31-3)27(21,2)16-23(24(20)26)28-18-7-5-4-6-8-18;/h17-18,20-24,28H,4-16H2,1-3H3;1H/t17?,20-,21-,22?,23?,24-,26-,27-;/m0./s1. The number of hydrogen-bond acceptors (Lipinski definition) is 4. The van der Waals surface area contributed by atoms with E-state index in [9.17, 15) is 9.59 Å². The lowest BCUT2D eigenvalue weighted by Crippen LogP contribution is -2.63. The zero-order chi connectivity index (χ0) is 21.8. The molecule has 0 aromatic rings. The molecular weight excluding hydrogens is 422 g/mol. The predicted molar refractivity (Wildman–Crippen MR) is 129 cm³/mol. The molecule has 0 radical (unpaired) electrons. The lowest BCUT2D eigenvalue weighted by molar-refractivity contribution is -0.161. The van der Waals surface area contributed by atoms with Crippen molar-refractivity contribution in [1.82, 2.24) is 5.32 Å². The SMILES string of the molecule is COC(=O)C1CC[C@H]2[C@@H]3CCC4CC(=O)CC[C@]4(C)[C@@H]3C(NC3CCCCC3)C[C@]12C.Cl. The number of esters is 1. The van der Waals surface area contributed by atoms with E-state index in [0.29, 0.717) is 41.5 Å². The van der Waals surface area contributed by atoms with Gasteiger partial charge in [0.05, 0.1) is 13.0 Å². The van der Waals surface area contributed by atoms with Crippen molar-refractivity contribution in [3.63, 3.8) is 0 Å². The number of ketones is 1. The number of halogens is 1. The molecule has 3 unspecified atom stereocenters. The van der Waals surface area contributed by atoms with Crippen LogP contribution in [0.1, 0.15) is 97.3 Å². The van der Waals surface area contributed by atoms with Crippen molar-refractivity contribution < 1.29 is 14.3 Å². The highest BCUT2D eigenvalue weighted by molar-refractivity contribution is 5.85. The molecule has 1 N–H and O–H groups in total. The first-order chi connectivity index (χ1) is 14.9. The molecule has 5 aliphatic rings. The number of ether oxygens (including phenoxy) is 1. The first-order valence-electron chi connectivity index (χ1n) is 13.2. The van der Waals surface area contributed by atoms with Crippen LogP contribution in [0.2, 0.25) is 0 Å². The fourth-order valence-corrected chi connectivity index (χ4v) is 9.49. The van der Waals surface area contributed by atoms with Gasteiger partial charge in [-0.05, 0) is 85.9 Å². The Bertz CT molecular complexity index is 722. The summed E-state index contributed by atoms with van der Waals surface area (Å²) >= 11 is 0. The molecule has 8 atom stereocenters. The Kier molecular flexibility index (Phi) is 7.05. The molecule has 0 heterocycles. The minimum absolute atomic E-state index is 0. The lowest BCUT2D eigenvalue weighted by Gasteiger charge is -2.63. The fourth-order valence-electron chi connectivity index (χ4n) is 9.49. The molecule has 182 valence electrons. The summed E-state index contributed by atoms with van der Waals surface area (Å²) in [4.78, 5) is 25.1. The van der Waals surface area contributed by atoms with Crippen molar-refractivity contribution >= 4 is 24.2 Å². The largest absolute Gasteiger partial charge is 0.469 e. The zero-order valence-electron chi connectivity index (χ0n) is 20.4. The number of hydrogen-bond donors (Lipinski definition) is 1. The van der Waals surface area contributed by atoms with E-state index >= 15 is 0 Å². The summed E-state index contributed by atoms with van der Waals surface area (Å²) in [6.45, 7) is 4.95. The van der Waals surface area contributed by atoms with E-state index in [2.05, 4.69) is 19.2 Å². The highest BCUT2D eigenvalue weighted by atomic mass is 35.5. The first-order valence-corrected chi connectivity index (χ1v) is 13.2. The van der Waals surface area contributed by atoms with Gasteiger partial charge in [-0.1, -0.05) is 33.1 Å². The Labute approximate surface area is 200 Å². The second-order valence-corrected chi connectivity index (χ2v) is 12.3. The van der Waals surface area contributed by atoms with Crippen molar-refractivity contribution in [2.45, 2.75) is 109 Å². The Morgan fingerprint density at radius 2 is 1.75 bits per heavy atom. The molecule has 5 heteroatoms. The van der Waals surface area contributed by atoms with Crippen molar-refractivity contribution in [1.29, 1.82) is 0 Å². The highest BCUT2D eigenvalue weighted by Gasteiger charge is 2.64. The minimum atomic E-state index is 0. The number of Topliss-reactive ketones (excluding diaryl/α,β-unsaturated/α-hetero) is 1. The summed E-state index contributed by atoms with van der Waals surface area (Å²) in [5.74, 6) is 3.08. The second-order valence-electron chi connectivity index (χ2n) is 12.3. The summed E-state index contributed by atoms with van der Waals surface area (Å²) in [5, 5.41) is 4.20. The zero-order valence-corrected chi connectivity index (χ0v) is 21.2. The Hall–Kier alpha value is -0.610. The molecule has 0 saturated heterocycles. The van der Waals surface area contributed by atoms with Crippen LogP contribution >= 0.6 is 12.4 Å². The molecule has 0 bridgehead atoms. The van der Waals surface area contributed by atoms with E-state index in [-0.39, 0.29) is 35.1 Å². The van der Waals surface area contributed by atoms with Gasteiger partial charge >= 0.3 is 5.97 Å². The minimum Gasteiger partial charge on any atom is -0.469 e. The van der Waals surface area contributed by atoms with Crippen LogP contribution in [0.15, 0.2) is 0 Å². The maximum absolute atomic E-state index is 12.8. The van der Waals surface area contributed by atoms with Crippen molar-refractivity contribution in [2.24, 2.45) is 40.4 Å². The van der Waals surface area contributed by atoms with Crippen LogP contribution < -0.4 is 5.32 Å². The van der Waals surface area contributed by atoms with Crippen LogP contribution in [0.5, 0.6) is 0 Å². The lowest BCUT2D eigenvalue weighted by atomic mass is 9.43. The Morgan fingerprint density at radius 1 is 1.00 bits per heavy atom. The number of rotatable bonds is 3. The molecule has 0 aromatic heterocycles. The van der Waals surface area contributed by atoms with Gasteiger partial charge in [-0.3, -0.25) is 9.59 Å². The van der Waals surface area contributed by atoms with Crippen LogP contribution in [0.3, 0.4) is 0 Å². The molecule has 0 spiro atoms. The summed E-state index contributed by atoms with van der Waals surface area (Å²) < 4.78 is 5.29. The monoisotopic (exact) mass is 465 g/mol. The van der Waals surface area contributed by atoms with E-state index < -0.39 is 0 Å². The second kappa shape index (κ2) is 9.21. The molecule has 5 fully saturated rings. The average Bonchev–Trinajstić information content (AvgIpc) is 3.11. The molecule has 4 nitrogen and oxygen atoms in total. The van der Waals surface area contributed by atoms with Gasteiger partial charge in [0.25, 0.3) is 0 Å². The van der Waals surface area contributed by atoms with Gasteiger partial charge in [-0.2, -0.15) is 0 Å². The van der Waals surface area contributed by atoms with Gasteiger partial charge in [0.1, 0.15) is 5.78 Å². The van der Waals surface area contributed by atoms with Crippen LogP contribution in [0.4, 0.5) is 0 Å². The molecule has 32 heavy (non-hydrogen) atoms. The smallest absolute Gasteiger partial charge is 0.309 e. The quantitative estimate of drug-likeness (QED) is 0.542. The van der Waals surface area contributed by atoms with E-state index in [1.54, 1.807) is 7.11 Å². The average molecular weight is 466 g/mol. The van der Waals surface area contributed by atoms with Crippen molar-refractivity contribution in [2.75, 3.05) is 7.11 Å². The number of carbonyl (C=O) groups is 2. The summed E-state index contributed by atoms with van der Waals surface area (Å²) in [6, 6.07) is 1.10. The van der Waals surface area contributed by atoms with Gasteiger partial charge < -0.3 is 10.1 Å². The van der Waals surface area contributed by atoms with Gasteiger partial charge in [0, 0.05) is 24.9 Å². The number of methoxy groups -OCH3 is 1. The molecule has 0 aromatic carbocycles. The normalized spacial score (nSPS) is 46.4. The third-order valence-corrected chi connectivity index (χ3v) is 11.0. The third kappa shape index (κ3) is 3.85. The van der Waals surface area contributed by atoms with Crippen LogP contribution in [0, 0.1) is 40.4 Å². The molecule has 0 amide bonds. The maximum Gasteiger partial charge on any atom is 0.309 e. The molecular formula is C27H44ClNO3. The van der Waals surface area contributed by atoms with E-state index in [4.69, 9.17) is 4.74 Å². The predicted octanol–water partition coefficient (Wildman–Crippen LogP) is 5.71. The van der Waals surface area contributed by atoms with Gasteiger partial charge in [-0.15, -0.1) is 12.4 Å². The highest BCUT2D eigenvalue weighted by Crippen LogP contribution is 2.67. The topological polar surface area (TPSA) is 55.4 Å².